The molecular weight excluding hydrogens is 592 g/mol. The van der Waals surface area contributed by atoms with Crippen LogP contribution in [0.4, 0.5) is 26.3 Å². The number of benzene rings is 4. The molecule has 0 aromatic heterocycles. The number of hydrogen-bond donors (Lipinski definition) is 0. The summed E-state index contributed by atoms with van der Waals surface area (Å²) in [5.41, 5.74) is 0.735. The fourth-order valence-corrected chi connectivity index (χ4v) is 5.65. The van der Waals surface area contributed by atoms with E-state index in [1.165, 1.54) is 24.3 Å². The Kier molecular flexibility index (Phi) is 9.83. The van der Waals surface area contributed by atoms with Crippen LogP contribution in [0.3, 0.4) is 0 Å². The molecule has 1 saturated carbocycles. The summed E-state index contributed by atoms with van der Waals surface area (Å²) in [4.78, 5) is 0. The van der Waals surface area contributed by atoms with Gasteiger partial charge in [-0.05, 0) is 90.6 Å². The molecule has 1 aliphatic rings. The van der Waals surface area contributed by atoms with Gasteiger partial charge in [0.05, 0.1) is 18.3 Å². The van der Waals surface area contributed by atoms with Gasteiger partial charge in [-0.15, -0.1) is 0 Å². The molecule has 0 N–H and O–H groups in total. The Morgan fingerprint density at radius 1 is 0.756 bits per heavy atom. The molecule has 0 unspecified atom stereocenters. The molecule has 3 nitrogen and oxygen atoms in total. The molecule has 5 rings (SSSR count). The highest BCUT2D eigenvalue weighted by Gasteiger charge is 2.40. The summed E-state index contributed by atoms with van der Waals surface area (Å²) in [5.74, 6) is -3.56. The van der Waals surface area contributed by atoms with Gasteiger partial charge in [0.1, 0.15) is 40.7 Å². The van der Waals surface area contributed by atoms with Crippen molar-refractivity contribution in [3.05, 3.63) is 113 Å². The fraction of sp³-hybridized carbons (Fsp3) is 0.306. The van der Waals surface area contributed by atoms with Crippen molar-refractivity contribution in [2.75, 3.05) is 6.61 Å². The highest BCUT2D eigenvalue weighted by Crippen LogP contribution is 2.40. The molecule has 0 saturated heterocycles. The Morgan fingerprint density at radius 3 is 2.00 bits per heavy atom. The molecule has 0 heterocycles. The van der Waals surface area contributed by atoms with Crippen LogP contribution >= 0.6 is 0 Å². The number of alkyl halides is 2. The molecule has 0 spiro atoms. The van der Waals surface area contributed by atoms with Crippen molar-refractivity contribution in [2.24, 2.45) is 0 Å². The van der Waals surface area contributed by atoms with Gasteiger partial charge >= 0.3 is 6.11 Å². The molecule has 0 radical (unpaired) electrons. The Morgan fingerprint density at radius 2 is 1.40 bits per heavy atom. The third-order valence-corrected chi connectivity index (χ3v) is 8.16. The number of rotatable bonds is 10. The number of nitriles is 1. The third-order valence-electron chi connectivity index (χ3n) is 8.16. The van der Waals surface area contributed by atoms with Crippen LogP contribution in [0.2, 0.25) is 0 Å². The SMILES string of the molecule is CCCCOc1ccc(C(F)(F)OC2CCC(c3ccc(-c4ccc(-c5cc(F)c(C#N)c(F)c5)c(F)c4)cc3)CC2)c(F)c1. The van der Waals surface area contributed by atoms with E-state index in [0.717, 1.165) is 48.2 Å². The Hall–Kier alpha value is -4.29. The number of hydrogen-bond acceptors (Lipinski definition) is 3. The first-order chi connectivity index (χ1) is 21.6. The Balaban J connectivity index is 1.19. The quantitative estimate of drug-likeness (QED) is 0.130. The van der Waals surface area contributed by atoms with Gasteiger partial charge in [0.2, 0.25) is 0 Å². The summed E-state index contributed by atoms with van der Waals surface area (Å²) in [7, 11) is 0. The van der Waals surface area contributed by atoms with Crippen molar-refractivity contribution >= 4 is 0 Å². The van der Waals surface area contributed by atoms with Gasteiger partial charge in [-0.1, -0.05) is 49.7 Å². The van der Waals surface area contributed by atoms with Crippen LogP contribution in [0, 0.1) is 34.6 Å². The topological polar surface area (TPSA) is 42.2 Å². The van der Waals surface area contributed by atoms with E-state index >= 15 is 0 Å². The first kappa shape index (κ1) is 32.1. The van der Waals surface area contributed by atoms with Crippen molar-refractivity contribution in [3.63, 3.8) is 0 Å². The monoisotopic (exact) mass is 623 g/mol. The van der Waals surface area contributed by atoms with Gasteiger partial charge in [0, 0.05) is 11.6 Å². The second kappa shape index (κ2) is 13.8. The van der Waals surface area contributed by atoms with Gasteiger partial charge in [-0.2, -0.15) is 14.0 Å². The van der Waals surface area contributed by atoms with Gasteiger partial charge in [0.15, 0.2) is 0 Å². The van der Waals surface area contributed by atoms with Crippen LogP contribution in [0.5, 0.6) is 5.75 Å². The van der Waals surface area contributed by atoms with Crippen molar-refractivity contribution in [1.82, 2.24) is 0 Å². The largest absolute Gasteiger partial charge is 0.493 e. The minimum Gasteiger partial charge on any atom is -0.493 e. The van der Waals surface area contributed by atoms with E-state index in [1.54, 1.807) is 6.07 Å². The molecule has 0 bridgehead atoms. The van der Waals surface area contributed by atoms with Crippen LogP contribution in [-0.2, 0) is 10.8 Å². The molecule has 9 heteroatoms. The van der Waals surface area contributed by atoms with E-state index in [-0.39, 0.29) is 22.8 Å². The standard InChI is InChI=1S/C36H31F6NO2/c1-2-3-16-44-28-13-15-31(35(40)20-28)36(41,42)45-27-11-8-23(9-12-27)22-4-6-24(7-5-22)25-10-14-29(32(37)17-25)26-18-33(38)30(21-43)34(39)19-26/h4-7,10,13-15,17-20,23,27H,2-3,8-9,11-12,16H2,1H3. The summed E-state index contributed by atoms with van der Waals surface area (Å²) in [5, 5.41) is 8.86. The summed E-state index contributed by atoms with van der Waals surface area (Å²) in [6.45, 7) is 2.37. The van der Waals surface area contributed by atoms with Crippen LogP contribution in [-0.4, -0.2) is 12.7 Å². The van der Waals surface area contributed by atoms with Crippen LogP contribution in [0.1, 0.15) is 68.1 Å². The Labute approximate surface area is 258 Å². The van der Waals surface area contributed by atoms with E-state index in [9.17, 15) is 26.3 Å². The van der Waals surface area contributed by atoms with E-state index in [2.05, 4.69) is 0 Å². The van der Waals surface area contributed by atoms with Gasteiger partial charge in [0.25, 0.3) is 0 Å². The highest BCUT2D eigenvalue weighted by atomic mass is 19.3. The van der Waals surface area contributed by atoms with E-state index in [0.29, 0.717) is 37.9 Å². The van der Waals surface area contributed by atoms with Crippen molar-refractivity contribution in [2.45, 2.75) is 63.6 Å². The number of halogens is 6. The fourth-order valence-electron chi connectivity index (χ4n) is 5.65. The lowest BCUT2D eigenvalue weighted by Crippen LogP contribution is -2.30. The average Bonchev–Trinajstić information content (AvgIpc) is 3.01. The van der Waals surface area contributed by atoms with Crippen molar-refractivity contribution < 1.29 is 35.8 Å². The zero-order valence-corrected chi connectivity index (χ0v) is 24.6. The van der Waals surface area contributed by atoms with Crippen LogP contribution < -0.4 is 4.74 Å². The maximum atomic E-state index is 15.0. The minimum absolute atomic E-state index is 0.00149. The number of ether oxygens (including phenoxy) is 2. The minimum atomic E-state index is -3.78. The molecule has 1 fully saturated rings. The first-order valence-electron chi connectivity index (χ1n) is 14.9. The van der Waals surface area contributed by atoms with Crippen LogP contribution in [0.15, 0.2) is 72.8 Å². The van der Waals surface area contributed by atoms with E-state index in [1.807, 2.05) is 31.2 Å². The van der Waals surface area contributed by atoms with Gasteiger partial charge in [-0.3, -0.25) is 0 Å². The lowest BCUT2D eigenvalue weighted by atomic mass is 9.82. The first-order valence-corrected chi connectivity index (χ1v) is 14.9. The zero-order chi connectivity index (χ0) is 32.1. The maximum Gasteiger partial charge on any atom is 0.386 e. The summed E-state index contributed by atoms with van der Waals surface area (Å²) >= 11 is 0. The molecule has 1 aliphatic carbocycles. The lowest BCUT2D eigenvalue weighted by molar-refractivity contribution is -0.278. The molecule has 234 valence electrons. The van der Waals surface area contributed by atoms with E-state index < -0.39 is 46.6 Å². The molecule has 0 aliphatic heterocycles. The molecular formula is C36H31F6NO2. The number of nitrogens with zero attached hydrogens (tertiary/aromatic N) is 1. The molecule has 4 aromatic rings. The summed E-state index contributed by atoms with van der Waals surface area (Å²) in [6.07, 6.45) is -0.862. The third kappa shape index (κ3) is 7.34. The predicted octanol–water partition coefficient (Wildman–Crippen LogP) is 10.4. The maximum absolute atomic E-state index is 15.0. The van der Waals surface area contributed by atoms with Gasteiger partial charge in [-0.25, -0.2) is 17.6 Å². The second-order valence-electron chi connectivity index (χ2n) is 11.2. The summed E-state index contributed by atoms with van der Waals surface area (Å²) in [6, 6.07) is 18.4. The second-order valence-corrected chi connectivity index (χ2v) is 11.2. The normalized spacial score (nSPS) is 16.8. The van der Waals surface area contributed by atoms with Crippen molar-refractivity contribution in [3.8, 4) is 34.1 Å². The molecule has 4 aromatic carbocycles. The predicted molar refractivity (Wildman–Crippen MR) is 159 cm³/mol. The molecule has 0 atom stereocenters. The van der Waals surface area contributed by atoms with Gasteiger partial charge < -0.3 is 9.47 Å². The van der Waals surface area contributed by atoms with E-state index in [4.69, 9.17) is 14.7 Å². The molecule has 45 heavy (non-hydrogen) atoms. The van der Waals surface area contributed by atoms with Crippen molar-refractivity contribution in [1.29, 1.82) is 5.26 Å². The lowest BCUT2D eigenvalue weighted by Gasteiger charge is -2.31. The summed E-state index contributed by atoms with van der Waals surface area (Å²) < 4.78 is 98.0. The smallest absolute Gasteiger partial charge is 0.386 e. The Bertz CT molecular complexity index is 1670. The molecule has 0 amide bonds. The average molecular weight is 624 g/mol. The number of unbranched alkanes of at least 4 members (excludes halogenated alkanes) is 1. The zero-order valence-electron chi connectivity index (χ0n) is 24.6. The highest BCUT2D eigenvalue weighted by molar-refractivity contribution is 5.71. The van der Waals surface area contributed by atoms with Crippen LogP contribution in [0.25, 0.3) is 22.3 Å².